The highest BCUT2D eigenvalue weighted by molar-refractivity contribution is 6.12. The quantitative estimate of drug-likeness (QED) is 0.219. The molecule has 3 unspecified atom stereocenters. The molecule has 3 atom stereocenters. The molecule has 9 nitrogen and oxygen atoms in total. The van der Waals surface area contributed by atoms with Crippen LogP contribution < -0.4 is 0 Å². The largest absolute Gasteiger partial charge is 0.459 e. The van der Waals surface area contributed by atoms with Gasteiger partial charge in [-0.15, -0.1) is 0 Å². The lowest BCUT2D eigenvalue weighted by molar-refractivity contribution is -0.384. The maximum absolute atomic E-state index is 12.8. The van der Waals surface area contributed by atoms with E-state index in [-0.39, 0.29) is 36.4 Å². The number of ketones is 1. The number of hydrogen-bond donors (Lipinski definition) is 0. The molecule has 2 aliphatic rings. The van der Waals surface area contributed by atoms with Crippen LogP contribution >= 0.6 is 0 Å². The van der Waals surface area contributed by atoms with Crippen molar-refractivity contribution in [1.29, 1.82) is 0 Å². The van der Waals surface area contributed by atoms with Gasteiger partial charge < -0.3 is 9.64 Å². The third-order valence-corrected chi connectivity index (χ3v) is 5.72. The van der Waals surface area contributed by atoms with E-state index in [1.807, 2.05) is 42.3 Å². The van der Waals surface area contributed by atoms with Gasteiger partial charge in [0.1, 0.15) is 12.6 Å². The van der Waals surface area contributed by atoms with Gasteiger partial charge in [0.05, 0.1) is 11.0 Å². The molecule has 0 spiro atoms. The number of nitro benzene ring substituents is 1. The summed E-state index contributed by atoms with van der Waals surface area (Å²) in [6.07, 6.45) is 0.118. The third-order valence-electron chi connectivity index (χ3n) is 5.72. The summed E-state index contributed by atoms with van der Waals surface area (Å²) >= 11 is 0. The Morgan fingerprint density at radius 3 is 2.45 bits per heavy atom. The first-order chi connectivity index (χ1) is 14.9. The molecule has 0 aromatic heterocycles. The Hall–Kier alpha value is -3.59. The Bertz CT molecular complexity index is 1020. The van der Waals surface area contributed by atoms with Crippen LogP contribution in [-0.2, 0) is 32.3 Å². The number of rotatable bonds is 7. The SMILES string of the molecule is CN(Cc1ccccc1)C1C(=O)N2C(C(=O)OCc3ccc([N+](=O)[O-])cc3)C(=O)CC12. The summed E-state index contributed by atoms with van der Waals surface area (Å²) < 4.78 is 5.24. The normalized spacial score (nSPS) is 22.3. The molecule has 0 saturated carbocycles. The first-order valence-corrected chi connectivity index (χ1v) is 9.86. The highest BCUT2D eigenvalue weighted by atomic mass is 16.6. The highest BCUT2D eigenvalue weighted by Crippen LogP contribution is 2.37. The van der Waals surface area contributed by atoms with Crippen LogP contribution in [0.2, 0.25) is 0 Å². The smallest absolute Gasteiger partial charge is 0.337 e. The van der Waals surface area contributed by atoms with Gasteiger partial charge in [0, 0.05) is 25.1 Å². The van der Waals surface area contributed by atoms with Crippen LogP contribution in [0.25, 0.3) is 0 Å². The second kappa shape index (κ2) is 8.27. The number of nitro groups is 1. The van der Waals surface area contributed by atoms with Crippen LogP contribution in [0.3, 0.4) is 0 Å². The number of hydrogen-bond acceptors (Lipinski definition) is 7. The van der Waals surface area contributed by atoms with Crippen molar-refractivity contribution in [1.82, 2.24) is 9.80 Å². The lowest BCUT2D eigenvalue weighted by Gasteiger charge is -2.47. The second-order valence-electron chi connectivity index (χ2n) is 7.76. The zero-order valence-corrected chi connectivity index (χ0v) is 16.8. The third kappa shape index (κ3) is 3.91. The minimum atomic E-state index is -1.23. The summed E-state index contributed by atoms with van der Waals surface area (Å²) in [5.74, 6) is -1.36. The number of ether oxygens (including phenoxy) is 1. The Kier molecular flexibility index (Phi) is 5.51. The van der Waals surface area contributed by atoms with Crippen molar-refractivity contribution in [3.05, 3.63) is 75.8 Å². The molecule has 0 radical (unpaired) electrons. The van der Waals surface area contributed by atoms with Gasteiger partial charge in [-0.2, -0.15) is 0 Å². The number of esters is 1. The number of carbonyl (C=O) groups is 3. The van der Waals surface area contributed by atoms with E-state index in [0.717, 1.165) is 5.56 Å². The summed E-state index contributed by atoms with van der Waals surface area (Å²) in [5.41, 5.74) is 1.54. The number of β-lactam (4-membered cyclic amide) rings is 1. The molecule has 9 heteroatoms. The van der Waals surface area contributed by atoms with Gasteiger partial charge in [-0.1, -0.05) is 30.3 Å². The predicted molar refractivity (Wildman–Crippen MR) is 109 cm³/mol. The lowest BCUT2D eigenvalue weighted by atomic mass is 9.94. The zero-order chi connectivity index (χ0) is 22.1. The van der Waals surface area contributed by atoms with Crippen molar-refractivity contribution in [3.8, 4) is 0 Å². The fourth-order valence-corrected chi connectivity index (χ4v) is 4.20. The Balaban J connectivity index is 1.37. The van der Waals surface area contributed by atoms with E-state index < -0.39 is 23.0 Å². The molecule has 1 amide bonds. The summed E-state index contributed by atoms with van der Waals surface area (Å²) in [4.78, 5) is 51.2. The molecule has 160 valence electrons. The standard InChI is InChI=1S/C22H21N3O6/c1-23(12-14-5-3-2-4-6-14)19-17-11-18(26)20(24(17)21(19)27)22(28)31-13-15-7-9-16(10-8-15)25(29)30/h2-10,17,19-20H,11-13H2,1H3. The van der Waals surface area contributed by atoms with E-state index in [1.54, 1.807) is 0 Å². The molecule has 0 aliphatic carbocycles. The monoisotopic (exact) mass is 423 g/mol. The fraction of sp³-hybridized carbons (Fsp3) is 0.318. The molecule has 2 heterocycles. The topological polar surface area (TPSA) is 110 Å². The second-order valence-corrected chi connectivity index (χ2v) is 7.76. The van der Waals surface area contributed by atoms with E-state index in [9.17, 15) is 24.5 Å². The van der Waals surface area contributed by atoms with E-state index in [0.29, 0.717) is 12.1 Å². The molecule has 2 saturated heterocycles. The molecule has 2 aromatic carbocycles. The summed E-state index contributed by atoms with van der Waals surface area (Å²) in [7, 11) is 1.83. The Morgan fingerprint density at radius 1 is 1.13 bits per heavy atom. The first kappa shape index (κ1) is 20.7. The maximum atomic E-state index is 12.8. The van der Waals surface area contributed by atoms with Gasteiger partial charge in [-0.05, 0) is 30.3 Å². The molecule has 0 N–H and O–H groups in total. The number of nitrogens with zero attached hydrogens (tertiary/aromatic N) is 3. The minimum absolute atomic E-state index is 0.0688. The zero-order valence-electron chi connectivity index (χ0n) is 16.8. The number of benzene rings is 2. The van der Waals surface area contributed by atoms with Gasteiger partial charge in [-0.25, -0.2) is 4.79 Å². The molecule has 2 aromatic rings. The first-order valence-electron chi connectivity index (χ1n) is 9.86. The van der Waals surface area contributed by atoms with Gasteiger partial charge in [0.15, 0.2) is 11.8 Å². The molecular weight excluding hydrogens is 402 g/mol. The van der Waals surface area contributed by atoms with E-state index in [2.05, 4.69) is 0 Å². The summed E-state index contributed by atoms with van der Waals surface area (Å²) in [5, 5.41) is 10.7. The van der Waals surface area contributed by atoms with Crippen molar-refractivity contribution in [3.63, 3.8) is 0 Å². The lowest BCUT2D eigenvalue weighted by Crippen LogP contribution is -2.70. The number of non-ortho nitro benzene ring substituents is 1. The fourth-order valence-electron chi connectivity index (χ4n) is 4.20. The Labute approximate surface area is 178 Å². The van der Waals surface area contributed by atoms with Crippen molar-refractivity contribution < 1.29 is 24.0 Å². The molecule has 31 heavy (non-hydrogen) atoms. The highest BCUT2D eigenvalue weighted by Gasteiger charge is 2.61. The maximum Gasteiger partial charge on any atom is 0.337 e. The van der Waals surface area contributed by atoms with E-state index >= 15 is 0 Å². The van der Waals surface area contributed by atoms with Crippen LogP contribution in [0.1, 0.15) is 17.5 Å². The van der Waals surface area contributed by atoms with E-state index in [4.69, 9.17) is 4.74 Å². The van der Waals surface area contributed by atoms with Crippen LogP contribution in [-0.4, -0.2) is 57.6 Å². The summed E-state index contributed by atoms with van der Waals surface area (Å²) in [6.45, 7) is 0.426. The minimum Gasteiger partial charge on any atom is -0.459 e. The average molecular weight is 423 g/mol. The molecule has 2 aliphatic heterocycles. The van der Waals surface area contributed by atoms with Crippen molar-refractivity contribution in [2.45, 2.75) is 37.7 Å². The molecule has 0 bridgehead atoms. The van der Waals surface area contributed by atoms with Crippen LogP contribution in [0, 0.1) is 10.1 Å². The number of fused-ring (bicyclic) bond motifs is 1. The molecular formula is C22H21N3O6. The van der Waals surface area contributed by atoms with Crippen molar-refractivity contribution >= 4 is 23.3 Å². The van der Waals surface area contributed by atoms with Gasteiger partial charge in [0.2, 0.25) is 5.91 Å². The van der Waals surface area contributed by atoms with Gasteiger partial charge >= 0.3 is 5.97 Å². The number of amides is 1. The van der Waals surface area contributed by atoms with Gasteiger partial charge in [0.25, 0.3) is 5.69 Å². The van der Waals surface area contributed by atoms with Crippen LogP contribution in [0.15, 0.2) is 54.6 Å². The van der Waals surface area contributed by atoms with Crippen LogP contribution in [0.4, 0.5) is 5.69 Å². The molecule has 2 fully saturated rings. The average Bonchev–Trinajstić information content (AvgIpc) is 3.05. The van der Waals surface area contributed by atoms with Crippen molar-refractivity contribution in [2.75, 3.05) is 7.05 Å². The van der Waals surface area contributed by atoms with Crippen LogP contribution in [0.5, 0.6) is 0 Å². The summed E-state index contributed by atoms with van der Waals surface area (Å²) in [6, 6.07) is 13.3. The van der Waals surface area contributed by atoms with Crippen molar-refractivity contribution in [2.24, 2.45) is 0 Å². The number of carbonyl (C=O) groups excluding carboxylic acids is 3. The predicted octanol–water partition coefficient (Wildman–Crippen LogP) is 1.69. The van der Waals surface area contributed by atoms with E-state index in [1.165, 1.54) is 29.2 Å². The number of Topliss-reactive ketones (excluding diaryl/α,β-unsaturated/α-hetero) is 1. The molecule has 4 rings (SSSR count). The van der Waals surface area contributed by atoms with Gasteiger partial charge in [-0.3, -0.25) is 24.6 Å². The number of likely N-dealkylation sites (N-methyl/N-ethyl adjacent to an activating group) is 1. The Morgan fingerprint density at radius 2 is 1.81 bits per heavy atom.